The Kier molecular flexibility index (Phi) is 5.74. The summed E-state index contributed by atoms with van der Waals surface area (Å²) in [6.07, 6.45) is 1.46. The maximum absolute atomic E-state index is 13.3. The molecule has 27 heavy (non-hydrogen) atoms. The molecule has 0 spiro atoms. The van der Waals surface area contributed by atoms with Gasteiger partial charge in [-0.2, -0.15) is 0 Å². The third-order valence-electron chi connectivity index (χ3n) is 4.90. The van der Waals surface area contributed by atoms with Crippen LogP contribution in [-0.4, -0.2) is 29.9 Å². The van der Waals surface area contributed by atoms with Crippen molar-refractivity contribution in [1.29, 1.82) is 0 Å². The van der Waals surface area contributed by atoms with Gasteiger partial charge >= 0.3 is 6.03 Å². The SMILES string of the molecule is C[C@@]1(C(=O)NCc2ccccc2)CCCN(C(=O)Nc2cccc(F)c2)C1. The first-order valence-electron chi connectivity index (χ1n) is 9.10. The van der Waals surface area contributed by atoms with E-state index in [0.717, 1.165) is 18.4 Å². The van der Waals surface area contributed by atoms with Crippen molar-refractivity contribution in [3.8, 4) is 0 Å². The lowest BCUT2D eigenvalue weighted by Crippen LogP contribution is -2.52. The first-order chi connectivity index (χ1) is 13.0. The Labute approximate surface area is 158 Å². The number of nitrogens with zero attached hydrogens (tertiary/aromatic N) is 1. The lowest BCUT2D eigenvalue weighted by molar-refractivity contribution is -0.132. The third-order valence-corrected chi connectivity index (χ3v) is 4.90. The summed E-state index contributed by atoms with van der Waals surface area (Å²) in [6, 6.07) is 15.2. The summed E-state index contributed by atoms with van der Waals surface area (Å²) in [5.74, 6) is -0.466. The van der Waals surface area contributed by atoms with Crippen molar-refractivity contribution in [3.63, 3.8) is 0 Å². The first-order valence-corrected chi connectivity index (χ1v) is 9.10. The summed E-state index contributed by atoms with van der Waals surface area (Å²) in [4.78, 5) is 26.9. The van der Waals surface area contributed by atoms with Gasteiger partial charge in [-0.15, -0.1) is 0 Å². The predicted molar refractivity (Wildman–Crippen MR) is 103 cm³/mol. The van der Waals surface area contributed by atoms with Crippen molar-refractivity contribution < 1.29 is 14.0 Å². The van der Waals surface area contributed by atoms with Gasteiger partial charge in [-0.1, -0.05) is 36.4 Å². The van der Waals surface area contributed by atoms with Crippen molar-refractivity contribution in [2.75, 3.05) is 18.4 Å². The van der Waals surface area contributed by atoms with Gasteiger partial charge in [0.2, 0.25) is 5.91 Å². The lowest BCUT2D eigenvalue weighted by atomic mass is 9.81. The quantitative estimate of drug-likeness (QED) is 0.862. The van der Waals surface area contributed by atoms with E-state index in [1.165, 1.54) is 12.1 Å². The van der Waals surface area contributed by atoms with E-state index in [-0.39, 0.29) is 11.9 Å². The van der Waals surface area contributed by atoms with Gasteiger partial charge in [0.05, 0.1) is 5.41 Å². The molecule has 0 unspecified atom stereocenters. The van der Waals surface area contributed by atoms with Gasteiger partial charge in [-0.3, -0.25) is 4.79 Å². The van der Waals surface area contributed by atoms with E-state index >= 15 is 0 Å². The van der Waals surface area contributed by atoms with Gasteiger partial charge in [-0.05, 0) is 43.5 Å². The van der Waals surface area contributed by atoms with Crippen LogP contribution < -0.4 is 10.6 Å². The number of piperidine rings is 1. The fourth-order valence-electron chi connectivity index (χ4n) is 3.36. The van der Waals surface area contributed by atoms with E-state index in [4.69, 9.17) is 0 Å². The smallest absolute Gasteiger partial charge is 0.321 e. The average Bonchev–Trinajstić information content (AvgIpc) is 2.67. The van der Waals surface area contributed by atoms with Crippen LogP contribution in [0.1, 0.15) is 25.3 Å². The number of halogens is 1. The minimum absolute atomic E-state index is 0.0605. The van der Waals surface area contributed by atoms with Crippen LogP contribution in [0.2, 0.25) is 0 Å². The number of likely N-dealkylation sites (tertiary alicyclic amines) is 1. The maximum atomic E-state index is 13.3. The van der Waals surface area contributed by atoms with Crippen molar-refractivity contribution in [2.45, 2.75) is 26.3 Å². The summed E-state index contributed by atoms with van der Waals surface area (Å²) < 4.78 is 13.3. The lowest BCUT2D eigenvalue weighted by Gasteiger charge is -2.39. The monoisotopic (exact) mass is 369 g/mol. The standard InChI is InChI=1S/C21H24FN3O2/c1-21(19(26)23-14-16-7-3-2-4-8-16)11-6-12-25(15-21)20(27)24-18-10-5-9-17(22)13-18/h2-5,7-10,13H,6,11-12,14-15H2,1H3,(H,23,26)(H,24,27)/t21-/m1/s1. The zero-order valence-corrected chi connectivity index (χ0v) is 15.4. The molecular formula is C21H24FN3O2. The highest BCUT2D eigenvalue weighted by Gasteiger charge is 2.39. The van der Waals surface area contributed by atoms with Crippen LogP contribution in [0.5, 0.6) is 0 Å². The van der Waals surface area contributed by atoms with E-state index in [1.54, 1.807) is 17.0 Å². The summed E-state index contributed by atoms with van der Waals surface area (Å²) in [6.45, 7) is 3.25. The van der Waals surface area contributed by atoms with Crippen LogP contribution >= 0.6 is 0 Å². The number of nitrogens with one attached hydrogen (secondary N) is 2. The molecule has 1 saturated heterocycles. The normalized spacial score (nSPS) is 19.4. The van der Waals surface area contributed by atoms with Crippen LogP contribution in [0.3, 0.4) is 0 Å². The number of hydrogen-bond donors (Lipinski definition) is 2. The van der Waals surface area contributed by atoms with Gasteiger partial charge in [0, 0.05) is 25.3 Å². The number of carbonyl (C=O) groups excluding carboxylic acids is 2. The summed E-state index contributed by atoms with van der Waals surface area (Å²) in [7, 11) is 0. The molecule has 1 aliphatic rings. The highest BCUT2D eigenvalue weighted by atomic mass is 19.1. The Morgan fingerprint density at radius 3 is 2.67 bits per heavy atom. The highest BCUT2D eigenvalue weighted by Crippen LogP contribution is 2.30. The number of urea groups is 1. The molecular weight excluding hydrogens is 345 g/mol. The van der Waals surface area contributed by atoms with Crippen molar-refractivity contribution in [3.05, 3.63) is 66.0 Å². The molecule has 2 aromatic carbocycles. The first kappa shape index (κ1) is 18.9. The van der Waals surface area contributed by atoms with E-state index in [2.05, 4.69) is 10.6 Å². The topological polar surface area (TPSA) is 61.4 Å². The van der Waals surface area contributed by atoms with E-state index in [9.17, 15) is 14.0 Å². The molecule has 3 amide bonds. The Morgan fingerprint density at radius 2 is 1.93 bits per heavy atom. The summed E-state index contributed by atoms with van der Waals surface area (Å²) in [5.41, 5.74) is 0.790. The molecule has 2 aromatic rings. The average molecular weight is 369 g/mol. The molecule has 0 aliphatic carbocycles. The minimum atomic E-state index is -0.647. The molecule has 6 heteroatoms. The Morgan fingerprint density at radius 1 is 1.15 bits per heavy atom. The molecule has 5 nitrogen and oxygen atoms in total. The van der Waals surface area contributed by atoms with E-state index < -0.39 is 11.2 Å². The molecule has 0 aromatic heterocycles. The van der Waals surface area contributed by atoms with Gasteiger partial charge < -0.3 is 15.5 Å². The molecule has 0 radical (unpaired) electrons. The molecule has 0 saturated carbocycles. The molecule has 0 bridgehead atoms. The Hall–Kier alpha value is -2.89. The second-order valence-electron chi connectivity index (χ2n) is 7.19. The fraction of sp³-hybridized carbons (Fsp3) is 0.333. The molecule has 3 rings (SSSR count). The molecule has 142 valence electrons. The number of amides is 3. The molecule has 2 N–H and O–H groups in total. The van der Waals surface area contributed by atoms with Crippen molar-refractivity contribution in [1.82, 2.24) is 10.2 Å². The maximum Gasteiger partial charge on any atom is 0.321 e. The van der Waals surface area contributed by atoms with Crippen LogP contribution in [-0.2, 0) is 11.3 Å². The van der Waals surface area contributed by atoms with Gasteiger partial charge in [0.1, 0.15) is 5.82 Å². The predicted octanol–water partition coefficient (Wildman–Crippen LogP) is 3.78. The number of rotatable bonds is 4. The zero-order chi connectivity index (χ0) is 19.3. The van der Waals surface area contributed by atoms with Crippen molar-refractivity contribution in [2.24, 2.45) is 5.41 Å². The van der Waals surface area contributed by atoms with E-state index in [1.807, 2.05) is 37.3 Å². The fourth-order valence-corrected chi connectivity index (χ4v) is 3.36. The van der Waals surface area contributed by atoms with Gasteiger partial charge in [0.25, 0.3) is 0 Å². The Bertz CT molecular complexity index is 812. The summed E-state index contributed by atoms with van der Waals surface area (Å²) in [5, 5.41) is 5.68. The molecule has 1 atom stereocenters. The number of hydrogen-bond acceptors (Lipinski definition) is 2. The van der Waals surface area contributed by atoms with Crippen LogP contribution in [0.4, 0.5) is 14.9 Å². The Balaban J connectivity index is 1.59. The summed E-state index contributed by atoms with van der Waals surface area (Å²) >= 11 is 0. The van der Waals surface area contributed by atoms with Crippen molar-refractivity contribution >= 4 is 17.6 Å². The molecule has 1 aliphatic heterocycles. The van der Waals surface area contributed by atoms with Crippen LogP contribution in [0.15, 0.2) is 54.6 Å². The second-order valence-corrected chi connectivity index (χ2v) is 7.19. The van der Waals surface area contributed by atoms with Gasteiger partial charge in [-0.25, -0.2) is 9.18 Å². The largest absolute Gasteiger partial charge is 0.351 e. The molecule has 1 fully saturated rings. The van der Waals surface area contributed by atoms with Crippen LogP contribution in [0.25, 0.3) is 0 Å². The second kappa shape index (κ2) is 8.20. The third kappa shape index (κ3) is 4.84. The number of anilines is 1. The zero-order valence-electron chi connectivity index (χ0n) is 15.4. The number of benzene rings is 2. The van der Waals surface area contributed by atoms with Crippen LogP contribution in [0, 0.1) is 11.2 Å². The molecule has 1 heterocycles. The number of carbonyl (C=O) groups is 2. The van der Waals surface area contributed by atoms with E-state index in [0.29, 0.717) is 25.3 Å². The minimum Gasteiger partial charge on any atom is -0.351 e. The highest BCUT2D eigenvalue weighted by molar-refractivity contribution is 5.90. The van der Waals surface area contributed by atoms with Gasteiger partial charge in [0.15, 0.2) is 0 Å².